The first-order valence-electron chi connectivity index (χ1n) is 5.26. The molecule has 0 aliphatic rings. The van der Waals surface area contributed by atoms with E-state index in [1.807, 2.05) is 13.8 Å². The number of halogens is 1. The van der Waals surface area contributed by atoms with Gasteiger partial charge in [-0.1, -0.05) is 13.8 Å². The van der Waals surface area contributed by atoms with Gasteiger partial charge in [-0.15, -0.1) is 0 Å². The van der Waals surface area contributed by atoms with Gasteiger partial charge in [0.1, 0.15) is 5.82 Å². The molecule has 1 rings (SSSR count). The second-order valence-electron chi connectivity index (χ2n) is 4.77. The monoisotopic (exact) mass is 210 g/mol. The van der Waals surface area contributed by atoms with E-state index in [2.05, 4.69) is 13.8 Å². The van der Waals surface area contributed by atoms with Crippen molar-refractivity contribution in [2.24, 2.45) is 0 Å². The number of aliphatic hydroxyl groups is 1. The highest BCUT2D eigenvalue weighted by molar-refractivity contribution is 5.39. The molecule has 0 amide bonds. The van der Waals surface area contributed by atoms with Gasteiger partial charge in [0.15, 0.2) is 0 Å². The van der Waals surface area contributed by atoms with Gasteiger partial charge >= 0.3 is 0 Å². The maximum Gasteiger partial charge on any atom is 0.123 e. The molecule has 1 N–H and O–H groups in total. The molecule has 1 aromatic carbocycles. The van der Waals surface area contributed by atoms with Gasteiger partial charge in [0.2, 0.25) is 0 Å². The summed E-state index contributed by atoms with van der Waals surface area (Å²) in [5.41, 5.74) is 2.98. The summed E-state index contributed by atoms with van der Waals surface area (Å²) in [4.78, 5) is 0. The van der Waals surface area contributed by atoms with Crippen LogP contribution in [0.2, 0.25) is 0 Å². The lowest BCUT2D eigenvalue weighted by Gasteiger charge is -2.28. The summed E-state index contributed by atoms with van der Waals surface area (Å²) < 4.78 is 13.1. The molecule has 0 atom stereocenters. The van der Waals surface area contributed by atoms with E-state index in [0.717, 1.165) is 16.7 Å². The van der Waals surface area contributed by atoms with Gasteiger partial charge in [0.25, 0.3) is 0 Å². The Morgan fingerprint density at radius 2 is 1.67 bits per heavy atom. The van der Waals surface area contributed by atoms with E-state index in [4.69, 9.17) is 5.11 Å². The molecule has 0 aliphatic heterocycles. The standard InChI is InChI=1S/C13H19FO/c1-9-7-11(14)8-10(2)12(9)13(3,4)5-6-15/h7-8,15H,5-6H2,1-4H3. The van der Waals surface area contributed by atoms with Crippen LogP contribution >= 0.6 is 0 Å². The Balaban J connectivity index is 3.24. The van der Waals surface area contributed by atoms with Gasteiger partial charge in [-0.25, -0.2) is 4.39 Å². The molecule has 84 valence electrons. The van der Waals surface area contributed by atoms with Crippen molar-refractivity contribution in [3.63, 3.8) is 0 Å². The van der Waals surface area contributed by atoms with Crippen molar-refractivity contribution in [3.8, 4) is 0 Å². The zero-order valence-corrected chi connectivity index (χ0v) is 9.89. The van der Waals surface area contributed by atoms with Crippen molar-refractivity contribution >= 4 is 0 Å². The Kier molecular flexibility index (Phi) is 3.50. The minimum Gasteiger partial charge on any atom is -0.396 e. The molecule has 0 bridgehead atoms. The summed E-state index contributed by atoms with van der Waals surface area (Å²) in [5.74, 6) is -0.187. The van der Waals surface area contributed by atoms with Crippen molar-refractivity contribution in [2.75, 3.05) is 6.61 Å². The third-order valence-corrected chi connectivity index (χ3v) is 2.91. The Morgan fingerprint density at radius 3 is 2.07 bits per heavy atom. The fourth-order valence-electron chi connectivity index (χ4n) is 2.38. The van der Waals surface area contributed by atoms with Crippen LogP contribution < -0.4 is 0 Å². The maximum absolute atomic E-state index is 13.1. The van der Waals surface area contributed by atoms with E-state index >= 15 is 0 Å². The third kappa shape index (κ3) is 2.57. The number of benzene rings is 1. The number of rotatable bonds is 3. The lowest BCUT2D eigenvalue weighted by atomic mass is 9.77. The molecule has 0 aliphatic carbocycles. The van der Waals surface area contributed by atoms with Crippen LogP contribution in [0.3, 0.4) is 0 Å². The highest BCUT2D eigenvalue weighted by Crippen LogP contribution is 2.32. The van der Waals surface area contributed by atoms with Gasteiger partial charge < -0.3 is 5.11 Å². The highest BCUT2D eigenvalue weighted by atomic mass is 19.1. The van der Waals surface area contributed by atoms with Crippen LogP contribution in [0.4, 0.5) is 4.39 Å². The molecule has 0 radical (unpaired) electrons. The summed E-state index contributed by atoms with van der Waals surface area (Å²) >= 11 is 0. The van der Waals surface area contributed by atoms with E-state index in [1.165, 1.54) is 0 Å². The van der Waals surface area contributed by atoms with Crippen LogP contribution in [0.15, 0.2) is 12.1 Å². The van der Waals surface area contributed by atoms with Crippen LogP contribution in [0.1, 0.15) is 37.0 Å². The summed E-state index contributed by atoms with van der Waals surface area (Å²) in [6.45, 7) is 8.16. The molecule has 0 heterocycles. The number of hydrogen-bond donors (Lipinski definition) is 1. The molecule has 1 nitrogen and oxygen atoms in total. The summed E-state index contributed by atoms with van der Waals surface area (Å²) in [7, 11) is 0. The van der Waals surface area contributed by atoms with Gasteiger partial charge in [-0.2, -0.15) is 0 Å². The van der Waals surface area contributed by atoms with Crippen LogP contribution in [-0.4, -0.2) is 11.7 Å². The zero-order valence-electron chi connectivity index (χ0n) is 9.89. The smallest absolute Gasteiger partial charge is 0.123 e. The van der Waals surface area contributed by atoms with Gasteiger partial charge in [-0.05, 0) is 54.5 Å². The molecule has 0 fully saturated rings. The Hall–Kier alpha value is -0.890. The van der Waals surface area contributed by atoms with Crippen LogP contribution in [0, 0.1) is 19.7 Å². The largest absolute Gasteiger partial charge is 0.396 e. The number of aryl methyl sites for hydroxylation is 2. The Bertz CT molecular complexity index is 333. The maximum atomic E-state index is 13.1. The first-order valence-corrected chi connectivity index (χ1v) is 5.26. The van der Waals surface area contributed by atoms with Crippen LogP contribution in [-0.2, 0) is 5.41 Å². The van der Waals surface area contributed by atoms with E-state index in [0.29, 0.717) is 6.42 Å². The Morgan fingerprint density at radius 1 is 1.20 bits per heavy atom. The SMILES string of the molecule is Cc1cc(F)cc(C)c1C(C)(C)CCO. The fourth-order valence-corrected chi connectivity index (χ4v) is 2.38. The minimum atomic E-state index is -0.187. The normalized spacial score (nSPS) is 11.9. The second kappa shape index (κ2) is 4.31. The predicted octanol–water partition coefficient (Wildman–Crippen LogP) is 3.10. The van der Waals surface area contributed by atoms with Crippen molar-refractivity contribution in [1.82, 2.24) is 0 Å². The first kappa shape index (κ1) is 12.2. The van der Waals surface area contributed by atoms with E-state index < -0.39 is 0 Å². The van der Waals surface area contributed by atoms with Crippen molar-refractivity contribution in [2.45, 2.75) is 39.5 Å². The lowest BCUT2D eigenvalue weighted by Crippen LogP contribution is -2.21. The highest BCUT2D eigenvalue weighted by Gasteiger charge is 2.24. The molecular formula is C13H19FO. The molecule has 0 saturated carbocycles. The van der Waals surface area contributed by atoms with Crippen LogP contribution in [0.25, 0.3) is 0 Å². The molecule has 0 aromatic heterocycles. The molecule has 15 heavy (non-hydrogen) atoms. The van der Waals surface area contributed by atoms with Crippen molar-refractivity contribution in [1.29, 1.82) is 0 Å². The summed E-state index contributed by atoms with van der Waals surface area (Å²) in [6, 6.07) is 3.11. The Labute approximate surface area is 90.9 Å². The quantitative estimate of drug-likeness (QED) is 0.812. The van der Waals surface area contributed by atoms with E-state index in [1.54, 1.807) is 12.1 Å². The zero-order chi connectivity index (χ0) is 11.6. The second-order valence-corrected chi connectivity index (χ2v) is 4.77. The van der Waals surface area contributed by atoms with Gasteiger partial charge in [-0.3, -0.25) is 0 Å². The van der Waals surface area contributed by atoms with Crippen LogP contribution in [0.5, 0.6) is 0 Å². The van der Waals surface area contributed by atoms with Crippen molar-refractivity contribution in [3.05, 3.63) is 34.6 Å². The lowest BCUT2D eigenvalue weighted by molar-refractivity contribution is 0.251. The average Bonchev–Trinajstić information content (AvgIpc) is 1.99. The molecule has 0 spiro atoms. The number of aliphatic hydroxyl groups excluding tert-OH is 1. The average molecular weight is 210 g/mol. The predicted molar refractivity (Wildman–Crippen MR) is 60.6 cm³/mol. The fraction of sp³-hybridized carbons (Fsp3) is 0.538. The molecule has 0 saturated heterocycles. The van der Waals surface area contributed by atoms with Gasteiger partial charge in [0.05, 0.1) is 0 Å². The number of hydrogen-bond acceptors (Lipinski definition) is 1. The summed E-state index contributed by atoms with van der Waals surface area (Å²) in [5, 5.41) is 9.03. The van der Waals surface area contributed by atoms with E-state index in [-0.39, 0.29) is 17.8 Å². The third-order valence-electron chi connectivity index (χ3n) is 2.91. The first-order chi connectivity index (χ1) is 6.88. The van der Waals surface area contributed by atoms with Gasteiger partial charge in [0, 0.05) is 6.61 Å². The topological polar surface area (TPSA) is 20.2 Å². The molecular weight excluding hydrogens is 191 g/mol. The van der Waals surface area contributed by atoms with E-state index in [9.17, 15) is 4.39 Å². The minimum absolute atomic E-state index is 0.101. The molecule has 0 unspecified atom stereocenters. The summed E-state index contributed by atoms with van der Waals surface area (Å²) in [6.07, 6.45) is 0.695. The molecule has 1 aromatic rings. The van der Waals surface area contributed by atoms with Crippen molar-refractivity contribution < 1.29 is 9.50 Å². The molecule has 2 heteroatoms.